The molecule has 0 atom stereocenters. The van der Waals surface area contributed by atoms with E-state index in [-0.39, 0.29) is 12.3 Å². The number of fused-ring (bicyclic) bond motifs is 1. The summed E-state index contributed by atoms with van der Waals surface area (Å²) in [7, 11) is 1.65. The summed E-state index contributed by atoms with van der Waals surface area (Å²) in [5.74, 6) is 3.14. The first-order valence-electron chi connectivity index (χ1n) is 9.39. The van der Waals surface area contributed by atoms with Gasteiger partial charge in [-0.25, -0.2) is 0 Å². The van der Waals surface area contributed by atoms with Gasteiger partial charge < -0.3 is 19.5 Å². The lowest BCUT2D eigenvalue weighted by Gasteiger charge is -2.30. The summed E-state index contributed by atoms with van der Waals surface area (Å²) in [6, 6.07) is 13.7. The van der Waals surface area contributed by atoms with Crippen LogP contribution in [0.1, 0.15) is 31.5 Å². The van der Waals surface area contributed by atoms with E-state index in [1.165, 1.54) is 0 Å². The lowest BCUT2D eigenvalue weighted by Crippen LogP contribution is -2.35. The molecule has 0 bridgehead atoms. The molecule has 1 fully saturated rings. The number of methoxy groups -OCH3 is 1. The van der Waals surface area contributed by atoms with Gasteiger partial charge in [0, 0.05) is 11.8 Å². The number of nitrogens with zero attached hydrogens (tertiary/aromatic N) is 4. The van der Waals surface area contributed by atoms with E-state index in [1.54, 1.807) is 7.11 Å². The standard InChI is InChI=1S/C20H21N5O3/c1-26-16-7-5-15(6-8-16)25-19(22-23-24-25)20(10-2-3-11-20)21-14-4-9-17-18(12-14)28-13-27-17/h4-9,12,21H,2-3,10-11,13H2,1H3. The zero-order valence-electron chi connectivity index (χ0n) is 15.6. The maximum absolute atomic E-state index is 5.52. The van der Waals surface area contributed by atoms with Crippen molar-refractivity contribution in [2.75, 3.05) is 19.2 Å². The normalized spacial score (nSPS) is 16.9. The van der Waals surface area contributed by atoms with Crippen molar-refractivity contribution in [1.82, 2.24) is 20.2 Å². The molecule has 0 saturated heterocycles. The predicted octanol–water partition coefficient (Wildman–Crippen LogP) is 3.28. The quantitative estimate of drug-likeness (QED) is 0.728. The number of aromatic nitrogens is 4. The first-order valence-corrected chi connectivity index (χ1v) is 9.39. The fourth-order valence-electron chi connectivity index (χ4n) is 4.02. The van der Waals surface area contributed by atoms with Gasteiger partial charge in [0.1, 0.15) is 5.75 Å². The van der Waals surface area contributed by atoms with Gasteiger partial charge in [-0.3, -0.25) is 0 Å². The highest BCUT2D eigenvalue weighted by atomic mass is 16.7. The van der Waals surface area contributed by atoms with E-state index in [0.717, 1.165) is 60.1 Å². The number of anilines is 1. The van der Waals surface area contributed by atoms with Crippen molar-refractivity contribution in [3.8, 4) is 22.9 Å². The van der Waals surface area contributed by atoms with E-state index in [4.69, 9.17) is 14.2 Å². The van der Waals surface area contributed by atoms with Crippen molar-refractivity contribution in [2.45, 2.75) is 31.2 Å². The van der Waals surface area contributed by atoms with Gasteiger partial charge in [0.15, 0.2) is 17.3 Å². The van der Waals surface area contributed by atoms with Gasteiger partial charge in [0.2, 0.25) is 6.79 Å². The van der Waals surface area contributed by atoms with Crippen LogP contribution in [0.3, 0.4) is 0 Å². The zero-order chi connectivity index (χ0) is 19.0. The number of ether oxygens (including phenoxy) is 3. The predicted molar refractivity (Wildman–Crippen MR) is 102 cm³/mol. The first kappa shape index (κ1) is 16.9. The highest BCUT2D eigenvalue weighted by molar-refractivity contribution is 5.57. The van der Waals surface area contributed by atoms with Crippen molar-refractivity contribution in [3.05, 3.63) is 48.3 Å². The molecule has 3 aromatic rings. The Morgan fingerprint density at radius 2 is 1.82 bits per heavy atom. The minimum atomic E-state index is -0.336. The third kappa shape index (κ3) is 2.81. The number of hydrogen-bond acceptors (Lipinski definition) is 7. The maximum atomic E-state index is 5.52. The Morgan fingerprint density at radius 1 is 1.04 bits per heavy atom. The smallest absolute Gasteiger partial charge is 0.231 e. The highest BCUT2D eigenvalue weighted by Crippen LogP contribution is 2.43. The first-order chi connectivity index (χ1) is 13.8. The van der Waals surface area contributed by atoms with Crippen LogP contribution in [0.25, 0.3) is 5.69 Å². The Balaban J connectivity index is 1.51. The Kier molecular flexibility index (Phi) is 4.03. The molecule has 2 heterocycles. The third-order valence-corrected chi connectivity index (χ3v) is 5.43. The lowest BCUT2D eigenvalue weighted by atomic mass is 9.95. The van der Waals surface area contributed by atoms with Gasteiger partial charge >= 0.3 is 0 Å². The summed E-state index contributed by atoms with van der Waals surface area (Å²) < 4.78 is 18.0. The number of benzene rings is 2. The molecule has 8 heteroatoms. The van der Waals surface area contributed by atoms with Gasteiger partial charge in [-0.2, -0.15) is 4.68 Å². The Bertz CT molecular complexity index is 980. The molecule has 8 nitrogen and oxygen atoms in total. The van der Waals surface area contributed by atoms with Crippen molar-refractivity contribution in [1.29, 1.82) is 0 Å². The monoisotopic (exact) mass is 379 g/mol. The summed E-state index contributed by atoms with van der Waals surface area (Å²) >= 11 is 0. The van der Waals surface area contributed by atoms with Crippen LogP contribution < -0.4 is 19.5 Å². The second-order valence-electron chi connectivity index (χ2n) is 7.09. The topological polar surface area (TPSA) is 83.3 Å². The largest absolute Gasteiger partial charge is 0.497 e. The van der Waals surface area contributed by atoms with Crippen LogP contribution in [0.2, 0.25) is 0 Å². The van der Waals surface area contributed by atoms with E-state index in [0.29, 0.717) is 0 Å². The summed E-state index contributed by atoms with van der Waals surface area (Å²) in [6.45, 7) is 0.264. The average molecular weight is 379 g/mol. The number of tetrazole rings is 1. The molecule has 2 aliphatic rings. The molecule has 5 rings (SSSR count). The molecule has 1 aliphatic carbocycles. The van der Waals surface area contributed by atoms with Crippen LogP contribution in [0.4, 0.5) is 5.69 Å². The number of nitrogens with one attached hydrogen (secondary N) is 1. The molecule has 1 saturated carbocycles. The fraction of sp³-hybridized carbons (Fsp3) is 0.350. The van der Waals surface area contributed by atoms with Crippen molar-refractivity contribution in [2.24, 2.45) is 0 Å². The summed E-state index contributed by atoms with van der Waals surface area (Å²) in [4.78, 5) is 0. The molecular formula is C20H21N5O3. The van der Waals surface area contributed by atoms with Crippen LogP contribution in [0, 0.1) is 0 Å². The van der Waals surface area contributed by atoms with Crippen LogP contribution in [0.15, 0.2) is 42.5 Å². The average Bonchev–Trinajstić information content (AvgIpc) is 3.48. The van der Waals surface area contributed by atoms with E-state index < -0.39 is 0 Å². The Hall–Kier alpha value is -3.29. The van der Waals surface area contributed by atoms with Crippen LogP contribution in [-0.4, -0.2) is 34.1 Å². The van der Waals surface area contributed by atoms with Crippen molar-refractivity contribution < 1.29 is 14.2 Å². The molecule has 144 valence electrons. The Morgan fingerprint density at radius 3 is 2.61 bits per heavy atom. The molecule has 0 spiro atoms. The third-order valence-electron chi connectivity index (χ3n) is 5.43. The Labute approximate surface area is 162 Å². The molecule has 2 aromatic carbocycles. The SMILES string of the molecule is COc1ccc(-n2nnnc2C2(Nc3ccc4c(c3)OCO4)CCCC2)cc1. The zero-order valence-corrected chi connectivity index (χ0v) is 15.6. The molecule has 1 aromatic heterocycles. The summed E-state index contributed by atoms with van der Waals surface area (Å²) in [5.41, 5.74) is 1.53. The molecule has 1 aliphatic heterocycles. The van der Waals surface area contributed by atoms with Crippen LogP contribution >= 0.6 is 0 Å². The second-order valence-corrected chi connectivity index (χ2v) is 7.09. The van der Waals surface area contributed by atoms with Crippen molar-refractivity contribution >= 4 is 5.69 Å². The molecule has 0 unspecified atom stereocenters. The van der Waals surface area contributed by atoms with Crippen LogP contribution in [-0.2, 0) is 5.54 Å². The molecule has 28 heavy (non-hydrogen) atoms. The highest BCUT2D eigenvalue weighted by Gasteiger charge is 2.41. The van der Waals surface area contributed by atoms with E-state index in [9.17, 15) is 0 Å². The minimum absolute atomic E-state index is 0.264. The summed E-state index contributed by atoms with van der Waals surface area (Å²) in [5, 5.41) is 16.3. The lowest BCUT2D eigenvalue weighted by molar-refractivity contribution is 0.174. The second kappa shape index (κ2) is 6.70. The van der Waals surface area contributed by atoms with E-state index in [1.807, 2.05) is 47.1 Å². The number of rotatable bonds is 5. The summed E-state index contributed by atoms with van der Waals surface area (Å²) in [6.07, 6.45) is 4.15. The molecular weight excluding hydrogens is 358 g/mol. The fourth-order valence-corrected chi connectivity index (χ4v) is 4.02. The van der Waals surface area contributed by atoms with E-state index in [2.05, 4.69) is 20.8 Å². The van der Waals surface area contributed by atoms with Gasteiger partial charge in [-0.1, -0.05) is 12.8 Å². The van der Waals surface area contributed by atoms with Gasteiger partial charge in [0.25, 0.3) is 0 Å². The van der Waals surface area contributed by atoms with Gasteiger partial charge in [0.05, 0.1) is 18.3 Å². The minimum Gasteiger partial charge on any atom is -0.497 e. The van der Waals surface area contributed by atoms with Crippen molar-refractivity contribution in [3.63, 3.8) is 0 Å². The van der Waals surface area contributed by atoms with Crippen LogP contribution in [0.5, 0.6) is 17.2 Å². The van der Waals surface area contributed by atoms with E-state index >= 15 is 0 Å². The molecule has 1 N–H and O–H groups in total. The van der Waals surface area contributed by atoms with Gasteiger partial charge in [-0.15, -0.1) is 5.10 Å². The number of hydrogen-bond donors (Lipinski definition) is 1. The molecule has 0 amide bonds. The maximum Gasteiger partial charge on any atom is 0.231 e. The molecule has 0 radical (unpaired) electrons. The van der Waals surface area contributed by atoms with Gasteiger partial charge in [-0.05, 0) is 59.7 Å².